The van der Waals surface area contributed by atoms with E-state index < -0.39 is 0 Å². The highest BCUT2D eigenvalue weighted by molar-refractivity contribution is 6.02. The third-order valence-electron chi connectivity index (χ3n) is 4.52. The van der Waals surface area contributed by atoms with Crippen molar-refractivity contribution in [2.45, 2.75) is 19.8 Å². The lowest BCUT2D eigenvalue weighted by molar-refractivity contribution is 0.304. The van der Waals surface area contributed by atoms with Crippen molar-refractivity contribution in [3.05, 3.63) is 60.0 Å². The molecular weight excluding hydrogens is 315 g/mol. The van der Waals surface area contributed by atoms with E-state index in [9.17, 15) is 9.50 Å². The lowest BCUT2D eigenvalue weighted by Crippen LogP contribution is -2.22. The fourth-order valence-electron chi connectivity index (χ4n) is 3.06. The Labute approximate surface area is 147 Å². The third kappa shape index (κ3) is 3.35. The van der Waals surface area contributed by atoms with Gasteiger partial charge in [0, 0.05) is 36.3 Å². The summed E-state index contributed by atoms with van der Waals surface area (Å²) in [6.07, 6.45) is 1.72. The van der Waals surface area contributed by atoms with Crippen molar-refractivity contribution in [2.24, 2.45) is 0 Å². The molecule has 0 aliphatic carbocycles. The van der Waals surface area contributed by atoms with Crippen LogP contribution in [0.25, 0.3) is 21.9 Å². The molecule has 0 bridgehead atoms. The molecular formula is C21H23FN2O. The first kappa shape index (κ1) is 17.4. The summed E-state index contributed by atoms with van der Waals surface area (Å²) in [4.78, 5) is 6.52. The first-order chi connectivity index (χ1) is 12.0. The highest BCUT2D eigenvalue weighted by atomic mass is 19.1. The van der Waals surface area contributed by atoms with E-state index in [1.807, 2.05) is 24.1 Å². The van der Waals surface area contributed by atoms with Gasteiger partial charge in [-0.05, 0) is 29.0 Å². The predicted octanol–water partition coefficient (Wildman–Crippen LogP) is 4.59. The fraction of sp³-hybridized carbons (Fsp3) is 0.286. The molecule has 0 spiro atoms. The molecule has 25 heavy (non-hydrogen) atoms. The van der Waals surface area contributed by atoms with Gasteiger partial charge in [0.1, 0.15) is 11.6 Å². The van der Waals surface area contributed by atoms with Gasteiger partial charge in [-0.2, -0.15) is 0 Å². The first-order valence-electron chi connectivity index (χ1n) is 8.52. The molecule has 1 N–H and O–H groups in total. The molecule has 2 aromatic carbocycles. The molecule has 0 atom stereocenters. The highest BCUT2D eigenvalue weighted by Gasteiger charge is 2.15. The Bertz CT molecular complexity index is 892. The zero-order chi connectivity index (χ0) is 18.0. The molecule has 0 unspecified atom stereocenters. The van der Waals surface area contributed by atoms with Gasteiger partial charge in [0.15, 0.2) is 0 Å². The minimum atomic E-state index is -0.255. The smallest absolute Gasteiger partial charge is 0.136 e. The summed E-state index contributed by atoms with van der Waals surface area (Å²) >= 11 is 0. The topological polar surface area (TPSA) is 36.4 Å². The zero-order valence-corrected chi connectivity index (χ0v) is 14.8. The highest BCUT2D eigenvalue weighted by Crippen LogP contribution is 2.35. The van der Waals surface area contributed by atoms with Crippen LogP contribution < -0.4 is 4.90 Å². The van der Waals surface area contributed by atoms with Crippen molar-refractivity contribution in [1.82, 2.24) is 4.98 Å². The van der Waals surface area contributed by atoms with Crippen molar-refractivity contribution in [2.75, 3.05) is 25.1 Å². The number of fused-ring (bicyclic) bond motifs is 1. The SMILES string of the molecule is CC(C)c1ccc2c(-c3ccccc3F)cnc(N(C)CCO)c2c1. The molecule has 1 aromatic heterocycles. The standard InChI is InChI=1S/C21H23FN2O/c1-14(2)15-8-9-16-18(12-15)21(24(3)10-11-25)23-13-19(16)17-6-4-5-7-20(17)22/h4-9,12-14,25H,10-11H2,1-3H3. The van der Waals surface area contributed by atoms with E-state index in [0.29, 0.717) is 18.0 Å². The number of anilines is 1. The summed E-state index contributed by atoms with van der Waals surface area (Å²) in [5, 5.41) is 11.2. The Balaban J connectivity index is 2.28. The Kier molecular flexibility index (Phi) is 5.00. The van der Waals surface area contributed by atoms with Crippen LogP contribution in [-0.4, -0.2) is 30.3 Å². The number of aliphatic hydroxyl groups is 1. The fourth-order valence-corrected chi connectivity index (χ4v) is 3.06. The lowest BCUT2D eigenvalue weighted by Gasteiger charge is -2.21. The Hall–Kier alpha value is -2.46. The monoisotopic (exact) mass is 338 g/mol. The number of hydrogen-bond acceptors (Lipinski definition) is 3. The van der Waals surface area contributed by atoms with Crippen molar-refractivity contribution in [3.8, 4) is 11.1 Å². The van der Waals surface area contributed by atoms with E-state index >= 15 is 0 Å². The summed E-state index contributed by atoms with van der Waals surface area (Å²) in [6.45, 7) is 4.84. The maximum Gasteiger partial charge on any atom is 0.136 e. The van der Waals surface area contributed by atoms with Crippen LogP contribution in [-0.2, 0) is 0 Å². The normalized spacial score (nSPS) is 11.3. The molecule has 130 valence electrons. The van der Waals surface area contributed by atoms with Crippen LogP contribution in [0.3, 0.4) is 0 Å². The molecule has 0 aliphatic rings. The number of rotatable bonds is 5. The minimum absolute atomic E-state index is 0.0542. The van der Waals surface area contributed by atoms with Crippen molar-refractivity contribution in [1.29, 1.82) is 0 Å². The Morgan fingerprint density at radius 2 is 1.84 bits per heavy atom. The molecule has 0 saturated heterocycles. The summed E-state index contributed by atoms with van der Waals surface area (Å²) in [7, 11) is 1.91. The van der Waals surface area contributed by atoms with Gasteiger partial charge in [-0.1, -0.05) is 44.2 Å². The van der Waals surface area contributed by atoms with Crippen LogP contribution in [0, 0.1) is 5.82 Å². The molecule has 1 heterocycles. The number of halogens is 1. The summed E-state index contributed by atoms with van der Waals surface area (Å²) in [5.41, 5.74) is 2.54. The van der Waals surface area contributed by atoms with Gasteiger partial charge in [-0.15, -0.1) is 0 Å². The second kappa shape index (κ2) is 7.19. The van der Waals surface area contributed by atoms with Crippen LogP contribution in [0.4, 0.5) is 10.2 Å². The summed E-state index contributed by atoms with van der Waals surface area (Å²) in [6, 6.07) is 13.0. The Morgan fingerprint density at radius 1 is 1.08 bits per heavy atom. The molecule has 3 nitrogen and oxygen atoms in total. The maximum atomic E-state index is 14.3. The van der Waals surface area contributed by atoms with Crippen molar-refractivity contribution >= 4 is 16.6 Å². The van der Waals surface area contributed by atoms with Crippen molar-refractivity contribution < 1.29 is 9.50 Å². The molecule has 0 fully saturated rings. The van der Waals surface area contributed by atoms with Gasteiger partial charge >= 0.3 is 0 Å². The predicted molar refractivity (Wildman–Crippen MR) is 102 cm³/mol. The first-order valence-corrected chi connectivity index (χ1v) is 8.52. The van der Waals surface area contributed by atoms with Gasteiger partial charge < -0.3 is 10.0 Å². The number of likely N-dealkylation sites (N-methyl/N-ethyl adjacent to an activating group) is 1. The Morgan fingerprint density at radius 3 is 2.52 bits per heavy atom. The minimum Gasteiger partial charge on any atom is -0.395 e. The number of nitrogens with zero attached hydrogens (tertiary/aromatic N) is 2. The number of pyridine rings is 1. The molecule has 0 saturated carbocycles. The van der Waals surface area contributed by atoms with Gasteiger partial charge in [-0.3, -0.25) is 0 Å². The molecule has 3 rings (SSSR count). The average Bonchev–Trinajstić information content (AvgIpc) is 2.61. The van der Waals surface area contributed by atoms with E-state index in [-0.39, 0.29) is 12.4 Å². The van der Waals surface area contributed by atoms with Gasteiger partial charge in [0.2, 0.25) is 0 Å². The van der Waals surface area contributed by atoms with Crippen LogP contribution >= 0.6 is 0 Å². The van der Waals surface area contributed by atoms with Gasteiger partial charge in [0.05, 0.1) is 6.61 Å². The van der Waals surface area contributed by atoms with E-state index in [0.717, 1.165) is 22.2 Å². The molecule has 4 heteroatoms. The largest absolute Gasteiger partial charge is 0.395 e. The van der Waals surface area contributed by atoms with Gasteiger partial charge in [-0.25, -0.2) is 9.37 Å². The van der Waals surface area contributed by atoms with E-state index in [2.05, 4.69) is 31.0 Å². The third-order valence-corrected chi connectivity index (χ3v) is 4.52. The number of aliphatic hydroxyl groups excluding tert-OH is 1. The van der Waals surface area contributed by atoms with Crippen molar-refractivity contribution in [3.63, 3.8) is 0 Å². The number of aromatic nitrogens is 1. The maximum absolute atomic E-state index is 14.3. The second-order valence-corrected chi connectivity index (χ2v) is 6.58. The summed E-state index contributed by atoms with van der Waals surface area (Å²) < 4.78 is 14.3. The molecule has 3 aromatic rings. The second-order valence-electron chi connectivity index (χ2n) is 6.58. The van der Waals surface area contributed by atoms with E-state index in [4.69, 9.17) is 0 Å². The van der Waals surface area contributed by atoms with Crippen LogP contribution in [0.15, 0.2) is 48.7 Å². The number of hydrogen-bond donors (Lipinski definition) is 1. The van der Waals surface area contributed by atoms with E-state index in [1.54, 1.807) is 18.3 Å². The molecule has 0 radical (unpaired) electrons. The molecule has 0 amide bonds. The zero-order valence-electron chi connectivity index (χ0n) is 14.8. The van der Waals surface area contributed by atoms with Crippen LogP contribution in [0.5, 0.6) is 0 Å². The lowest BCUT2D eigenvalue weighted by atomic mass is 9.95. The summed E-state index contributed by atoms with van der Waals surface area (Å²) in [5.74, 6) is 0.930. The van der Waals surface area contributed by atoms with Crippen LogP contribution in [0.1, 0.15) is 25.3 Å². The van der Waals surface area contributed by atoms with Crippen LogP contribution in [0.2, 0.25) is 0 Å². The molecule has 0 aliphatic heterocycles. The quantitative estimate of drug-likeness (QED) is 0.739. The average molecular weight is 338 g/mol. The van der Waals surface area contributed by atoms with Gasteiger partial charge in [0.25, 0.3) is 0 Å². The van der Waals surface area contributed by atoms with E-state index in [1.165, 1.54) is 11.6 Å². The number of benzene rings is 2.